The lowest BCUT2D eigenvalue weighted by molar-refractivity contribution is -0.122. The Morgan fingerprint density at radius 1 is 1.04 bits per heavy atom. The molecule has 4 atom stereocenters. The van der Waals surface area contributed by atoms with Crippen molar-refractivity contribution in [2.45, 2.75) is 44.7 Å². The van der Waals surface area contributed by atoms with Crippen molar-refractivity contribution in [2.75, 3.05) is 4.90 Å². The summed E-state index contributed by atoms with van der Waals surface area (Å²) in [5, 5.41) is 0. The molecule has 0 radical (unpaired) electrons. The first-order chi connectivity index (χ1) is 12.2. The molecule has 0 aromatic heterocycles. The van der Waals surface area contributed by atoms with Crippen LogP contribution in [0.4, 0.5) is 5.69 Å². The maximum atomic E-state index is 13.1. The highest BCUT2D eigenvalue weighted by molar-refractivity contribution is 5.94. The summed E-state index contributed by atoms with van der Waals surface area (Å²) >= 11 is 0. The van der Waals surface area contributed by atoms with Gasteiger partial charge in [0.25, 0.3) is 0 Å². The fourth-order valence-corrected chi connectivity index (χ4v) is 6.30. The summed E-state index contributed by atoms with van der Waals surface area (Å²) in [6.07, 6.45) is 2.15. The predicted molar refractivity (Wildman–Crippen MR) is 101 cm³/mol. The average molecular weight is 331 g/mol. The van der Waals surface area contributed by atoms with Crippen LogP contribution < -0.4 is 4.90 Å². The van der Waals surface area contributed by atoms with Gasteiger partial charge in [0.1, 0.15) is 5.78 Å². The van der Waals surface area contributed by atoms with Gasteiger partial charge in [0.15, 0.2) is 0 Å². The van der Waals surface area contributed by atoms with E-state index in [9.17, 15) is 4.79 Å². The van der Waals surface area contributed by atoms with Gasteiger partial charge in [0.2, 0.25) is 0 Å². The molecule has 0 saturated heterocycles. The first kappa shape index (κ1) is 15.2. The summed E-state index contributed by atoms with van der Waals surface area (Å²) in [4.78, 5) is 15.6. The molecule has 2 fully saturated rings. The number of hydrogen-bond donors (Lipinski definition) is 0. The van der Waals surface area contributed by atoms with E-state index in [1.165, 1.54) is 16.8 Å². The Balaban J connectivity index is 1.69. The first-order valence-electron chi connectivity index (χ1n) is 9.59. The molecule has 25 heavy (non-hydrogen) atoms. The van der Waals surface area contributed by atoms with Crippen molar-refractivity contribution in [1.82, 2.24) is 0 Å². The second kappa shape index (κ2) is 5.20. The quantitative estimate of drug-likeness (QED) is 0.820. The van der Waals surface area contributed by atoms with Gasteiger partial charge in [-0.1, -0.05) is 62.4 Å². The minimum Gasteiger partial charge on any atom is -0.362 e. The van der Waals surface area contributed by atoms with E-state index in [0.29, 0.717) is 17.7 Å². The van der Waals surface area contributed by atoms with Crippen molar-refractivity contribution in [3.63, 3.8) is 0 Å². The standard InChI is InChI=1S/C23H25NO/c1-15(2)23-18-10-6-7-11-20(18)24(14-16-8-4-3-5-9-16)22(23)17-12-13-19(23)21(17)25/h3-11,15,17,19,22H,12-14H2,1-2H3. The molecule has 0 spiro atoms. The van der Waals surface area contributed by atoms with E-state index in [4.69, 9.17) is 0 Å². The van der Waals surface area contributed by atoms with E-state index in [-0.39, 0.29) is 17.3 Å². The molecule has 5 rings (SSSR count). The molecule has 0 amide bonds. The van der Waals surface area contributed by atoms with Gasteiger partial charge < -0.3 is 4.90 Å². The number of ketones is 1. The molecule has 1 heterocycles. The van der Waals surface area contributed by atoms with Gasteiger partial charge in [-0.3, -0.25) is 4.79 Å². The van der Waals surface area contributed by atoms with E-state index >= 15 is 0 Å². The van der Waals surface area contributed by atoms with E-state index in [1.807, 2.05) is 0 Å². The zero-order valence-electron chi connectivity index (χ0n) is 15.0. The number of carbonyl (C=O) groups excluding carboxylic acids is 1. The van der Waals surface area contributed by atoms with Crippen LogP contribution in [0, 0.1) is 17.8 Å². The number of carbonyl (C=O) groups is 1. The van der Waals surface area contributed by atoms with Crippen LogP contribution in [0.3, 0.4) is 0 Å². The van der Waals surface area contributed by atoms with Crippen molar-refractivity contribution < 1.29 is 4.79 Å². The fourth-order valence-electron chi connectivity index (χ4n) is 6.30. The number of Topliss-reactive ketones (excluding diaryl/α,β-unsaturated/α-hetero) is 1. The van der Waals surface area contributed by atoms with Gasteiger partial charge in [-0.2, -0.15) is 0 Å². The number of para-hydroxylation sites is 1. The zero-order chi connectivity index (χ0) is 17.2. The molecule has 2 saturated carbocycles. The van der Waals surface area contributed by atoms with Gasteiger partial charge in [-0.15, -0.1) is 0 Å². The van der Waals surface area contributed by atoms with Crippen LogP contribution in [0.2, 0.25) is 0 Å². The number of hydrogen-bond acceptors (Lipinski definition) is 2. The second-order valence-corrected chi connectivity index (χ2v) is 8.30. The van der Waals surface area contributed by atoms with Crippen LogP contribution in [0.5, 0.6) is 0 Å². The zero-order valence-corrected chi connectivity index (χ0v) is 15.0. The molecule has 2 aromatic carbocycles. The molecular weight excluding hydrogens is 306 g/mol. The Labute approximate surface area is 149 Å². The topological polar surface area (TPSA) is 20.3 Å². The Hall–Kier alpha value is -2.09. The van der Waals surface area contributed by atoms with E-state index in [0.717, 1.165) is 19.4 Å². The molecule has 3 aliphatic rings. The maximum absolute atomic E-state index is 13.1. The third kappa shape index (κ3) is 1.78. The largest absolute Gasteiger partial charge is 0.362 e. The average Bonchev–Trinajstić information content (AvgIpc) is 3.22. The number of benzene rings is 2. The second-order valence-electron chi connectivity index (χ2n) is 8.30. The molecule has 2 aliphatic carbocycles. The highest BCUT2D eigenvalue weighted by Gasteiger charge is 2.69. The van der Waals surface area contributed by atoms with E-state index < -0.39 is 0 Å². The van der Waals surface area contributed by atoms with Crippen LogP contribution in [0.15, 0.2) is 54.6 Å². The Kier molecular flexibility index (Phi) is 3.16. The van der Waals surface area contributed by atoms with Gasteiger partial charge >= 0.3 is 0 Å². The summed E-state index contributed by atoms with van der Waals surface area (Å²) in [6, 6.07) is 19.9. The van der Waals surface area contributed by atoms with Crippen LogP contribution in [-0.4, -0.2) is 11.8 Å². The van der Waals surface area contributed by atoms with Gasteiger partial charge in [-0.25, -0.2) is 0 Å². The summed E-state index contributed by atoms with van der Waals surface area (Å²) in [5.41, 5.74) is 4.11. The van der Waals surface area contributed by atoms with Crippen molar-refractivity contribution in [1.29, 1.82) is 0 Å². The van der Waals surface area contributed by atoms with Gasteiger partial charge in [0.05, 0.1) is 0 Å². The molecule has 2 heteroatoms. The van der Waals surface area contributed by atoms with Crippen LogP contribution in [0.25, 0.3) is 0 Å². The van der Waals surface area contributed by atoms with Crippen LogP contribution >= 0.6 is 0 Å². The lowest BCUT2D eigenvalue weighted by Crippen LogP contribution is -2.51. The smallest absolute Gasteiger partial charge is 0.142 e. The first-order valence-corrected chi connectivity index (χ1v) is 9.59. The van der Waals surface area contributed by atoms with Gasteiger partial charge in [0, 0.05) is 35.5 Å². The lowest BCUT2D eigenvalue weighted by Gasteiger charge is -2.44. The Morgan fingerprint density at radius 3 is 2.52 bits per heavy atom. The normalized spacial score (nSPS) is 32.4. The summed E-state index contributed by atoms with van der Waals surface area (Å²) in [6.45, 7) is 5.54. The molecule has 2 nitrogen and oxygen atoms in total. The van der Waals surface area contributed by atoms with E-state index in [2.05, 4.69) is 73.3 Å². The molecule has 1 aliphatic heterocycles. The fraction of sp³-hybridized carbons (Fsp3) is 0.435. The van der Waals surface area contributed by atoms with Gasteiger partial charge in [-0.05, 0) is 36.0 Å². The number of nitrogens with zero attached hydrogens (tertiary/aromatic N) is 1. The lowest BCUT2D eigenvalue weighted by atomic mass is 9.61. The van der Waals surface area contributed by atoms with Crippen molar-refractivity contribution in [3.05, 3.63) is 65.7 Å². The molecular formula is C23H25NO. The maximum Gasteiger partial charge on any atom is 0.142 e. The Morgan fingerprint density at radius 2 is 1.76 bits per heavy atom. The number of anilines is 1. The van der Waals surface area contributed by atoms with Crippen LogP contribution in [-0.2, 0) is 16.8 Å². The number of rotatable bonds is 3. The van der Waals surface area contributed by atoms with E-state index in [1.54, 1.807) is 0 Å². The molecule has 0 N–H and O–H groups in total. The predicted octanol–water partition coefficient (Wildman–Crippen LogP) is 4.58. The van der Waals surface area contributed by atoms with Crippen molar-refractivity contribution >= 4 is 11.5 Å². The minimum atomic E-state index is 0.00533. The molecule has 2 aromatic rings. The molecule has 2 bridgehead atoms. The van der Waals surface area contributed by atoms with Crippen molar-refractivity contribution in [3.8, 4) is 0 Å². The summed E-state index contributed by atoms with van der Waals surface area (Å²) < 4.78 is 0. The molecule has 4 unspecified atom stereocenters. The summed E-state index contributed by atoms with van der Waals surface area (Å²) in [5.74, 6) is 1.43. The van der Waals surface area contributed by atoms with Crippen LogP contribution in [0.1, 0.15) is 37.8 Å². The monoisotopic (exact) mass is 331 g/mol. The van der Waals surface area contributed by atoms with Crippen molar-refractivity contribution in [2.24, 2.45) is 17.8 Å². The SMILES string of the molecule is CC(C)C12c3ccccc3N(Cc3ccccc3)C1C1CCC2C1=O. The Bertz CT molecular complexity index is 827. The third-order valence-electron chi connectivity index (χ3n) is 7.09. The third-order valence-corrected chi connectivity index (χ3v) is 7.09. The highest BCUT2D eigenvalue weighted by Crippen LogP contribution is 2.65. The number of fused-ring (bicyclic) bond motifs is 7. The minimum absolute atomic E-state index is 0.00533. The highest BCUT2D eigenvalue weighted by atomic mass is 16.1. The summed E-state index contributed by atoms with van der Waals surface area (Å²) in [7, 11) is 0. The molecule has 128 valence electrons.